The predicted octanol–water partition coefficient (Wildman–Crippen LogP) is 8.69. The summed E-state index contributed by atoms with van der Waals surface area (Å²) in [5, 5.41) is 12.2. The van der Waals surface area contributed by atoms with Crippen LogP contribution in [0.2, 0.25) is 0 Å². The van der Waals surface area contributed by atoms with E-state index in [1.807, 2.05) is 42.6 Å². The Bertz CT molecular complexity index is 2030. The Morgan fingerprint density at radius 3 is 2.40 bits per heavy atom. The van der Waals surface area contributed by atoms with Gasteiger partial charge in [-0.05, 0) is 59.5 Å². The molecule has 206 valence electrons. The average Bonchev–Trinajstić information content (AvgIpc) is 3.51. The standard InChI is InChI=1S/C36H31N5O/c1-36(2,3)25-16-17-38-34(19-25)41-30-13-6-5-12-29(30)35-24(22-37)18-28(21-33(35)41)42-27-11-9-10-26(20-27)40-23-39(4)31-14-7-8-15-32(31)40/h5-21H,23H2,1-4H3. The topological polar surface area (TPSA) is 57.3 Å². The lowest BCUT2D eigenvalue weighted by Crippen LogP contribution is -2.23. The van der Waals surface area contributed by atoms with Crippen molar-refractivity contribution in [1.29, 1.82) is 5.26 Å². The summed E-state index contributed by atoms with van der Waals surface area (Å²) < 4.78 is 8.62. The molecule has 0 atom stereocenters. The van der Waals surface area contributed by atoms with Crippen molar-refractivity contribution in [1.82, 2.24) is 9.55 Å². The van der Waals surface area contributed by atoms with Gasteiger partial charge in [-0.3, -0.25) is 4.57 Å². The first-order valence-electron chi connectivity index (χ1n) is 14.1. The summed E-state index contributed by atoms with van der Waals surface area (Å²) in [5.41, 5.74) is 7.02. The van der Waals surface area contributed by atoms with Gasteiger partial charge in [0.2, 0.25) is 0 Å². The summed E-state index contributed by atoms with van der Waals surface area (Å²) >= 11 is 0. The first-order valence-corrected chi connectivity index (χ1v) is 14.1. The maximum Gasteiger partial charge on any atom is 0.137 e. The van der Waals surface area contributed by atoms with E-state index in [1.54, 1.807) is 0 Å². The summed E-state index contributed by atoms with van der Waals surface area (Å²) in [5.74, 6) is 2.12. The maximum atomic E-state index is 10.3. The smallest absolute Gasteiger partial charge is 0.137 e. The van der Waals surface area contributed by atoms with Gasteiger partial charge in [-0.25, -0.2) is 4.98 Å². The Morgan fingerprint density at radius 1 is 0.810 bits per heavy atom. The third kappa shape index (κ3) is 4.22. The van der Waals surface area contributed by atoms with Crippen LogP contribution in [0.25, 0.3) is 27.6 Å². The third-order valence-electron chi connectivity index (χ3n) is 8.01. The lowest BCUT2D eigenvalue weighted by molar-refractivity contribution is 0.483. The monoisotopic (exact) mass is 549 g/mol. The average molecular weight is 550 g/mol. The SMILES string of the molecule is CN1CN(c2cccc(Oc3cc(C#N)c4c5ccccc5n(-c5cc(C(C)(C)C)ccn5)c4c3)c2)c2ccccc21. The molecule has 0 saturated heterocycles. The number of fused-ring (bicyclic) bond motifs is 4. The maximum absolute atomic E-state index is 10.3. The number of nitriles is 1. The number of pyridine rings is 1. The Balaban J connectivity index is 1.35. The van der Waals surface area contributed by atoms with E-state index in [1.165, 1.54) is 16.9 Å². The fraction of sp³-hybridized carbons (Fsp3) is 0.167. The van der Waals surface area contributed by atoms with Gasteiger partial charge in [0.15, 0.2) is 0 Å². The van der Waals surface area contributed by atoms with Crippen LogP contribution in [0.3, 0.4) is 0 Å². The first kappa shape index (κ1) is 25.7. The normalized spacial score (nSPS) is 13.0. The molecule has 0 unspecified atom stereocenters. The molecule has 0 N–H and O–H groups in total. The highest BCUT2D eigenvalue weighted by Gasteiger charge is 2.24. The molecular weight excluding hydrogens is 518 g/mol. The molecule has 0 saturated carbocycles. The number of ether oxygens (including phenoxy) is 1. The Morgan fingerprint density at radius 2 is 1.60 bits per heavy atom. The molecule has 6 aromatic rings. The molecule has 7 rings (SSSR count). The molecule has 0 fully saturated rings. The molecule has 0 spiro atoms. The van der Waals surface area contributed by atoms with Crippen molar-refractivity contribution < 1.29 is 4.74 Å². The minimum atomic E-state index is -0.0295. The van der Waals surface area contributed by atoms with E-state index in [0.29, 0.717) is 17.1 Å². The second-order valence-electron chi connectivity index (χ2n) is 11.8. The molecule has 0 bridgehead atoms. The highest BCUT2D eigenvalue weighted by Crippen LogP contribution is 2.42. The van der Waals surface area contributed by atoms with Crippen molar-refractivity contribution in [2.24, 2.45) is 0 Å². The van der Waals surface area contributed by atoms with Gasteiger partial charge < -0.3 is 14.5 Å². The van der Waals surface area contributed by atoms with E-state index in [4.69, 9.17) is 9.72 Å². The fourth-order valence-corrected chi connectivity index (χ4v) is 5.92. The van der Waals surface area contributed by atoms with Crippen LogP contribution in [0.4, 0.5) is 17.1 Å². The van der Waals surface area contributed by atoms with E-state index >= 15 is 0 Å². The Kier molecular flexibility index (Phi) is 5.91. The summed E-state index contributed by atoms with van der Waals surface area (Å²) in [7, 11) is 2.10. The van der Waals surface area contributed by atoms with Crippen LogP contribution in [0.5, 0.6) is 11.5 Å². The van der Waals surface area contributed by atoms with Crippen LogP contribution in [-0.4, -0.2) is 23.3 Å². The molecule has 6 nitrogen and oxygen atoms in total. The van der Waals surface area contributed by atoms with Crippen LogP contribution in [0.1, 0.15) is 31.9 Å². The minimum Gasteiger partial charge on any atom is -0.457 e. The second kappa shape index (κ2) is 9.67. The lowest BCUT2D eigenvalue weighted by Gasteiger charge is -2.20. The molecule has 4 aromatic carbocycles. The predicted molar refractivity (Wildman–Crippen MR) is 170 cm³/mol. The second-order valence-corrected chi connectivity index (χ2v) is 11.8. The summed E-state index contributed by atoms with van der Waals surface area (Å²) in [6.45, 7) is 7.36. The molecule has 0 aliphatic carbocycles. The van der Waals surface area contributed by atoms with Crippen LogP contribution < -0.4 is 14.5 Å². The number of benzene rings is 4. The highest BCUT2D eigenvalue weighted by atomic mass is 16.5. The summed E-state index contributed by atoms with van der Waals surface area (Å²) in [6, 6.07) is 35.2. The zero-order chi connectivity index (χ0) is 29.0. The highest BCUT2D eigenvalue weighted by molar-refractivity contribution is 6.12. The van der Waals surface area contributed by atoms with Gasteiger partial charge >= 0.3 is 0 Å². The number of hydrogen-bond acceptors (Lipinski definition) is 5. The van der Waals surface area contributed by atoms with Gasteiger partial charge in [0, 0.05) is 41.8 Å². The lowest BCUT2D eigenvalue weighted by atomic mass is 9.88. The Labute approximate surface area is 245 Å². The first-order chi connectivity index (χ1) is 20.3. The number of nitrogens with zero attached hydrogens (tertiary/aromatic N) is 5. The van der Waals surface area contributed by atoms with Crippen molar-refractivity contribution in [3.8, 4) is 23.4 Å². The molecule has 0 radical (unpaired) electrons. The number of aromatic nitrogens is 2. The number of anilines is 3. The van der Waals surface area contributed by atoms with Crippen molar-refractivity contribution >= 4 is 38.9 Å². The molecule has 6 heteroatoms. The van der Waals surface area contributed by atoms with E-state index in [9.17, 15) is 5.26 Å². The van der Waals surface area contributed by atoms with Crippen molar-refractivity contribution in [3.63, 3.8) is 0 Å². The molecule has 2 aromatic heterocycles. The van der Waals surface area contributed by atoms with E-state index < -0.39 is 0 Å². The van der Waals surface area contributed by atoms with Gasteiger partial charge in [-0.2, -0.15) is 5.26 Å². The number of rotatable bonds is 4. The van der Waals surface area contributed by atoms with Crippen molar-refractivity contribution in [2.45, 2.75) is 26.2 Å². The van der Waals surface area contributed by atoms with Crippen molar-refractivity contribution in [3.05, 3.63) is 114 Å². The zero-order valence-corrected chi connectivity index (χ0v) is 24.2. The van der Waals surface area contributed by atoms with Gasteiger partial charge in [0.1, 0.15) is 17.3 Å². The van der Waals surface area contributed by atoms with Crippen LogP contribution in [0, 0.1) is 11.3 Å². The van der Waals surface area contributed by atoms with Gasteiger partial charge in [-0.15, -0.1) is 0 Å². The van der Waals surface area contributed by atoms with Crippen LogP contribution in [-0.2, 0) is 5.41 Å². The third-order valence-corrected chi connectivity index (χ3v) is 8.01. The Hall–Kier alpha value is -5.28. The largest absolute Gasteiger partial charge is 0.457 e. The van der Waals surface area contributed by atoms with Crippen LogP contribution in [0.15, 0.2) is 103 Å². The van der Waals surface area contributed by atoms with Crippen molar-refractivity contribution in [2.75, 3.05) is 23.5 Å². The fourth-order valence-electron chi connectivity index (χ4n) is 5.92. The van der Waals surface area contributed by atoms with Gasteiger partial charge in [0.25, 0.3) is 0 Å². The number of hydrogen-bond donors (Lipinski definition) is 0. The molecule has 42 heavy (non-hydrogen) atoms. The van der Waals surface area contributed by atoms with Gasteiger partial charge in [0.05, 0.1) is 40.7 Å². The minimum absolute atomic E-state index is 0.0295. The van der Waals surface area contributed by atoms with Gasteiger partial charge in [-0.1, -0.05) is 57.2 Å². The molecule has 1 aliphatic heterocycles. The quantitative estimate of drug-likeness (QED) is 0.220. The molecular formula is C36H31N5O. The van der Waals surface area contributed by atoms with E-state index in [2.05, 4.69) is 109 Å². The van der Waals surface area contributed by atoms with Crippen LogP contribution >= 0.6 is 0 Å². The zero-order valence-electron chi connectivity index (χ0n) is 24.2. The molecule has 3 heterocycles. The number of para-hydroxylation sites is 3. The van der Waals surface area contributed by atoms with E-state index in [0.717, 1.165) is 40.0 Å². The molecule has 0 amide bonds. The molecule has 1 aliphatic rings. The summed E-state index contributed by atoms with van der Waals surface area (Å²) in [6.07, 6.45) is 1.86. The van der Waals surface area contributed by atoms with E-state index in [-0.39, 0.29) is 5.41 Å². The summed E-state index contributed by atoms with van der Waals surface area (Å²) in [4.78, 5) is 9.28.